The van der Waals surface area contributed by atoms with Crippen molar-refractivity contribution in [2.75, 3.05) is 65.7 Å². The molecule has 0 aromatic heterocycles. The van der Waals surface area contributed by atoms with Gasteiger partial charge < -0.3 is 14.8 Å². The summed E-state index contributed by atoms with van der Waals surface area (Å²) in [6, 6.07) is 1.13. The van der Waals surface area contributed by atoms with E-state index in [1.54, 1.807) is 0 Å². The molecule has 0 spiro atoms. The molecular weight excluding hydrogens is 266 g/mol. The van der Waals surface area contributed by atoms with Gasteiger partial charge in [-0.05, 0) is 27.7 Å². The molecule has 5 nitrogen and oxygen atoms in total. The summed E-state index contributed by atoms with van der Waals surface area (Å²) in [4.78, 5) is 5.01. The van der Waals surface area contributed by atoms with E-state index < -0.39 is 0 Å². The molecule has 1 aliphatic rings. The van der Waals surface area contributed by atoms with Gasteiger partial charge in [-0.2, -0.15) is 0 Å². The Labute approximate surface area is 131 Å². The quantitative estimate of drug-likeness (QED) is 0.825. The minimum absolute atomic E-state index is 0.563. The van der Waals surface area contributed by atoms with E-state index in [9.17, 15) is 0 Å². The Morgan fingerprint density at radius 3 is 1.48 bits per heavy atom. The molecule has 0 amide bonds. The first-order valence-electron chi connectivity index (χ1n) is 8.45. The summed E-state index contributed by atoms with van der Waals surface area (Å²) in [6.07, 6.45) is 0. The summed E-state index contributed by atoms with van der Waals surface area (Å²) in [5.74, 6) is 0. The second kappa shape index (κ2) is 11.4. The van der Waals surface area contributed by atoms with E-state index in [1.165, 1.54) is 0 Å². The van der Waals surface area contributed by atoms with Crippen molar-refractivity contribution in [3.05, 3.63) is 0 Å². The fourth-order valence-corrected chi connectivity index (χ4v) is 2.49. The Hall–Kier alpha value is -0.200. The van der Waals surface area contributed by atoms with Crippen molar-refractivity contribution in [2.45, 2.75) is 39.8 Å². The molecule has 0 radical (unpaired) electrons. The summed E-state index contributed by atoms with van der Waals surface area (Å²) >= 11 is 0. The predicted molar refractivity (Wildman–Crippen MR) is 87.9 cm³/mol. The van der Waals surface area contributed by atoms with Gasteiger partial charge in [-0.1, -0.05) is 0 Å². The smallest absolute Gasteiger partial charge is 0.0594 e. The van der Waals surface area contributed by atoms with Gasteiger partial charge in [-0.3, -0.25) is 9.80 Å². The van der Waals surface area contributed by atoms with E-state index in [-0.39, 0.29) is 0 Å². The first-order valence-corrected chi connectivity index (χ1v) is 8.45. The molecule has 5 heteroatoms. The fraction of sp³-hybridized carbons (Fsp3) is 1.00. The fourth-order valence-electron chi connectivity index (χ4n) is 2.49. The third-order valence-electron chi connectivity index (χ3n) is 4.03. The molecule has 1 rings (SSSR count). The lowest BCUT2D eigenvalue weighted by Crippen LogP contribution is -2.43. The van der Waals surface area contributed by atoms with E-state index >= 15 is 0 Å². The maximum Gasteiger partial charge on any atom is 0.0594 e. The maximum absolute atomic E-state index is 5.71. The number of nitrogens with zero attached hydrogens (tertiary/aromatic N) is 2. The summed E-state index contributed by atoms with van der Waals surface area (Å²) in [6.45, 7) is 18.3. The lowest BCUT2D eigenvalue weighted by Gasteiger charge is -2.32. The number of ether oxygens (including phenoxy) is 2. The number of nitrogens with one attached hydrogen (secondary N) is 1. The number of hydrogen-bond acceptors (Lipinski definition) is 5. The van der Waals surface area contributed by atoms with Crippen LogP contribution in [-0.2, 0) is 9.47 Å². The highest BCUT2D eigenvalue weighted by molar-refractivity contribution is 4.69. The van der Waals surface area contributed by atoms with Crippen LogP contribution in [0.15, 0.2) is 0 Å². The monoisotopic (exact) mass is 301 g/mol. The second-order valence-electron chi connectivity index (χ2n) is 6.23. The molecule has 0 saturated carbocycles. The van der Waals surface area contributed by atoms with Gasteiger partial charge in [0.05, 0.1) is 26.4 Å². The molecule has 126 valence electrons. The third-order valence-corrected chi connectivity index (χ3v) is 4.03. The van der Waals surface area contributed by atoms with Gasteiger partial charge in [0, 0.05) is 51.4 Å². The van der Waals surface area contributed by atoms with E-state index in [2.05, 4.69) is 42.8 Å². The molecular formula is C16H35N3O2. The summed E-state index contributed by atoms with van der Waals surface area (Å²) in [7, 11) is 0. The van der Waals surface area contributed by atoms with Crippen molar-refractivity contribution in [2.24, 2.45) is 0 Å². The van der Waals surface area contributed by atoms with E-state index in [0.29, 0.717) is 12.1 Å². The molecule has 0 aromatic rings. The Morgan fingerprint density at radius 1 is 0.667 bits per heavy atom. The average molecular weight is 301 g/mol. The average Bonchev–Trinajstić information content (AvgIpc) is 2.44. The summed E-state index contributed by atoms with van der Waals surface area (Å²) in [5, 5.41) is 3.35. The number of hydrogen-bond donors (Lipinski definition) is 1. The van der Waals surface area contributed by atoms with Crippen LogP contribution in [0.1, 0.15) is 27.7 Å². The van der Waals surface area contributed by atoms with Crippen LogP contribution in [0.5, 0.6) is 0 Å². The maximum atomic E-state index is 5.71. The van der Waals surface area contributed by atoms with Crippen LogP contribution < -0.4 is 5.32 Å². The van der Waals surface area contributed by atoms with Gasteiger partial charge in [0.2, 0.25) is 0 Å². The van der Waals surface area contributed by atoms with E-state index in [0.717, 1.165) is 65.7 Å². The van der Waals surface area contributed by atoms with E-state index in [1.807, 2.05) is 0 Å². The lowest BCUT2D eigenvalue weighted by molar-refractivity contribution is 0.0768. The normalized spacial score (nSPS) is 23.1. The van der Waals surface area contributed by atoms with Gasteiger partial charge in [0.1, 0.15) is 0 Å². The molecule has 1 aliphatic heterocycles. The minimum atomic E-state index is 0.563. The molecule has 0 aliphatic carbocycles. The summed E-state index contributed by atoms with van der Waals surface area (Å²) in [5.41, 5.74) is 0. The topological polar surface area (TPSA) is 37.0 Å². The van der Waals surface area contributed by atoms with Crippen molar-refractivity contribution in [1.29, 1.82) is 0 Å². The Kier molecular flexibility index (Phi) is 10.2. The molecule has 1 N–H and O–H groups in total. The van der Waals surface area contributed by atoms with Crippen molar-refractivity contribution >= 4 is 0 Å². The van der Waals surface area contributed by atoms with Crippen LogP contribution >= 0.6 is 0 Å². The molecule has 0 bridgehead atoms. The SMILES string of the molecule is CC(C)N1CCOCCNCCOCCN(C(C)C)CC1. The highest BCUT2D eigenvalue weighted by atomic mass is 16.5. The molecule has 1 heterocycles. The lowest BCUT2D eigenvalue weighted by atomic mass is 10.2. The zero-order valence-electron chi connectivity index (χ0n) is 14.4. The Balaban J connectivity index is 2.49. The second-order valence-corrected chi connectivity index (χ2v) is 6.23. The van der Waals surface area contributed by atoms with Crippen LogP contribution in [0.2, 0.25) is 0 Å². The van der Waals surface area contributed by atoms with Gasteiger partial charge in [0.25, 0.3) is 0 Å². The molecule has 0 aromatic carbocycles. The molecule has 21 heavy (non-hydrogen) atoms. The molecule has 1 saturated heterocycles. The van der Waals surface area contributed by atoms with Gasteiger partial charge in [-0.15, -0.1) is 0 Å². The molecule has 1 fully saturated rings. The predicted octanol–water partition coefficient (Wildman–Crippen LogP) is 1.04. The van der Waals surface area contributed by atoms with Crippen LogP contribution in [0.4, 0.5) is 0 Å². The zero-order valence-corrected chi connectivity index (χ0v) is 14.4. The van der Waals surface area contributed by atoms with E-state index in [4.69, 9.17) is 9.47 Å². The van der Waals surface area contributed by atoms with Crippen molar-refractivity contribution in [3.8, 4) is 0 Å². The minimum Gasteiger partial charge on any atom is -0.379 e. The third kappa shape index (κ3) is 8.73. The van der Waals surface area contributed by atoms with Crippen molar-refractivity contribution in [3.63, 3.8) is 0 Å². The van der Waals surface area contributed by atoms with Crippen molar-refractivity contribution < 1.29 is 9.47 Å². The van der Waals surface area contributed by atoms with Crippen LogP contribution in [0.25, 0.3) is 0 Å². The Bertz CT molecular complexity index is 226. The highest BCUT2D eigenvalue weighted by Crippen LogP contribution is 2.03. The van der Waals surface area contributed by atoms with Gasteiger partial charge in [0.15, 0.2) is 0 Å². The molecule has 0 unspecified atom stereocenters. The van der Waals surface area contributed by atoms with Crippen LogP contribution in [-0.4, -0.2) is 87.6 Å². The number of rotatable bonds is 2. The summed E-state index contributed by atoms with van der Waals surface area (Å²) < 4.78 is 11.4. The van der Waals surface area contributed by atoms with Gasteiger partial charge >= 0.3 is 0 Å². The first-order chi connectivity index (χ1) is 10.1. The van der Waals surface area contributed by atoms with Gasteiger partial charge in [-0.25, -0.2) is 0 Å². The largest absolute Gasteiger partial charge is 0.379 e. The van der Waals surface area contributed by atoms with Crippen LogP contribution in [0, 0.1) is 0 Å². The van der Waals surface area contributed by atoms with Crippen molar-refractivity contribution in [1.82, 2.24) is 15.1 Å². The molecule has 0 atom stereocenters. The van der Waals surface area contributed by atoms with Crippen LogP contribution in [0.3, 0.4) is 0 Å². The first kappa shape index (κ1) is 18.8. The standard InChI is InChI=1S/C16H35N3O2/c1-15(2)18-7-8-19(16(3)4)10-14-21-12-6-17-5-11-20-13-9-18/h15-17H,5-14H2,1-4H3. The highest BCUT2D eigenvalue weighted by Gasteiger charge is 2.14. The zero-order chi connectivity index (χ0) is 15.5. The Morgan fingerprint density at radius 2 is 1.10 bits per heavy atom.